The summed E-state index contributed by atoms with van der Waals surface area (Å²) in [6, 6.07) is 16.4. The molecule has 0 bridgehead atoms. The number of para-hydroxylation sites is 1. The van der Waals surface area contributed by atoms with Crippen LogP contribution in [0.3, 0.4) is 0 Å². The predicted octanol–water partition coefficient (Wildman–Crippen LogP) is 4.08. The van der Waals surface area contributed by atoms with Crippen molar-refractivity contribution >= 4 is 22.5 Å². The molecule has 1 N–H and O–H groups in total. The lowest BCUT2D eigenvalue weighted by Crippen LogP contribution is -2.19. The molecular formula is C17H18ClN3. The van der Waals surface area contributed by atoms with Crippen LogP contribution in [-0.4, -0.2) is 9.78 Å². The van der Waals surface area contributed by atoms with Crippen molar-refractivity contribution in [2.45, 2.75) is 19.5 Å². The van der Waals surface area contributed by atoms with Crippen LogP contribution in [0.1, 0.15) is 24.2 Å². The van der Waals surface area contributed by atoms with E-state index in [9.17, 15) is 0 Å². The average Bonchev–Trinajstić information content (AvgIpc) is 2.82. The minimum absolute atomic E-state index is 0.180. The van der Waals surface area contributed by atoms with Crippen LogP contribution in [0.15, 0.2) is 48.5 Å². The minimum Gasteiger partial charge on any atom is -0.304 e. The van der Waals surface area contributed by atoms with Gasteiger partial charge in [0.25, 0.3) is 0 Å². The second-order valence-corrected chi connectivity index (χ2v) is 5.62. The molecule has 21 heavy (non-hydrogen) atoms. The molecule has 0 aliphatic heterocycles. The molecule has 0 spiro atoms. The first-order valence-electron chi connectivity index (χ1n) is 7.05. The molecule has 4 heteroatoms. The van der Waals surface area contributed by atoms with Gasteiger partial charge in [-0.25, -0.2) is 0 Å². The highest BCUT2D eigenvalue weighted by Gasteiger charge is 2.11. The lowest BCUT2D eigenvalue weighted by atomic mass is 10.1. The largest absolute Gasteiger partial charge is 0.304 e. The maximum Gasteiger partial charge on any atom is 0.0841 e. The fourth-order valence-corrected chi connectivity index (χ4v) is 2.90. The Labute approximate surface area is 129 Å². The Balaban J connectivity index is 1.79. The first-order chi connectivity index (χ1) is 10.2. The zero-order valence-corrected chi connectivity index (χ0v) is 12.9. The summed E-state index contributed by atoms with van der Waals surface area (Å²) in [4.78, 5) is 0. The van der Waals surface area contributed by atoms with Crippen LogP contribution in [0.4, 0.5) is 0 Å². The van der Waals surface area contributed by atoms with Crippen molar-refractivity contribution in [3.63, 3.8) is 0 Å². The third kappa shape index (κ3) is 2.80. The summed E-state index contributed by atoms with van der Waals surface area (Å²) in [5, 5.41) is 10.1. The lowest BCUT2D eigenvalue weighted by Gasteiger charge is -2.14. The molecule has 0 saturated carbocycles. The van der Waals surface area contributed by atoms with E-state index in [2.05, 4.69) is 35.5 Å². The Bertz CT molecular complexity index is 764. The number of aromatic nitrogens is 2. The maximum atomic E-state index is 6.24. The van der Waals surface area contributed by atoms with E-state index in [4.69, 9.17) is 11.6 Å². The molecule has 2 aromatic carbocycles. The Morgan fingerprint density at radius 2 is 1.86 bits per heavy atom. The molecule has 3 aromatic rings. The standard InChI is InChI=1S/C17H18ClN3/c1-12(13-7-3-5-9-15(13)18)19-11-16-14-8-4-6-10-17(14)21(2)20-16/h3-10,12,19H,11H2,1-2H3. The molecule has 108 valence electrons. The minimum atomic E-state index is 0.180. The van der Waals surface area contributed by atoms with E-state index in [1.165, 1.54) is 5.39 Å². The highest BCUT2D eigenvalue weighted by atomic mass is 35.5. The molecule has 3 nitrogen and oxygen atoms in total. The third-order valence-electron chi connectivity index (χ3n) is 3.78. The van der Waals surface area contributed by atoms with Gasteiger partial charge in [-0.3, -0.25) is 4.68 Å². The Morgan fingerprint density at radius 1 is 1.14 bits per heavy atom. The topological polar surface area (TPSA) is 29.9 Å². The second-order valence-electron chi connectivity index (χ2n) is 5.21. The number of rotatable bonds is 4. The molecule has 1 aromatic heterocycles. The van der Waals surface area contributed by atoms with Crippen molar-refractivity contribution in [1.82, 2.24) is 15.1 Å². The summed E-state index contributed by atoms with van der Waals surface area (Å²) >= 11 is 6.24. The Morgan fingerprint density at radius 3 is 2.67 bits per heavy atom. The van der Waals surface area contributed by atoms with E-state index in [-0.39, 0.29) is 6.04 Å². The molecule has 1 atom stereocenters. The number of hydrogen-bond donors (Lipinski definition) is 1. The fraction of sp³-hybridized carbons (Fsp3) is 0.235. The normalized spacial score (nSPS) is 12.7. The van der Waals surface area contributed by atoms with Gasteiger partial charge in [0.2, 0.25) is 0 Å². The van der Waals surface area contributed by atoms with Crippen LogP contribution >= 0.6 is 11.6 Å². The zero-order valence-electron chi connectivity index (χ0n) is 12.2. The summed E-state index contributed by atoms with van der Waals surface area (Å²) < 4.78 is 1.92. The third-order valence-corrected chi connectivity index (χ3v) is 4.13. The van der Waals surface area contributed by atoms with Gasteiger partial charge < -0.3 is 5.32 Å². The number of halogens is 1. The molecule has 0 radical (unpaired) electrons. The van der Waals surface area contributed by atoms with E-state index < -0.39 is 0 Å². The van der Waals surface area contributed by atoms with Crippen molar-refractivity contribution < 1.29 is 0 Å². The van der Waals surface area contributed by atoms with Crippen molar-refractivity contribution in [3.8, 4) is 0 Å². The lowest BCUT2D eigenvalue weighted by molar-refractivity contribution is 0.564. The van der Waals surface area contributed by atoms with Crippen LogP contribution in [0, 0.1) is 0 Å². The predicted molar refractivity (Wildman–Crippen MR) is 87.4 cm³/mol. The van der Waals surface area contributed by atoms with Gasteiger partial charge in [0.05, 0.1) is 11.2 Å². The first kappa shape index (κ1) is 14.1. The molecule has 0 aliphatic rings. The summed E-state index contributed by atoms with van der Waals surface area (Å²) in [5.74, 6) is 0. The van der Waals surface area contributed by atoms with Crippen molar-refractivity contribution in [3.05, 3.63) is 64.8 Å². The van der Waals surface area contributed by atoms with Gasteiger partial charge in [0, 0.05) is 30.0 Å². The summed E-state index contributed by atoms with van der Waals surface area (Å²) in [5.41, 5.74) is 3.33. The van der Waals surface area contributed by atoms with Gasteiger partial charge in [0.1, 0.15) is 0 Å². The summed E-state index contributed by atoms with van der Waals surface area (Å²) in [7, 11) is 1.98. The molecule has 0 saturated heterocycles. The maximum absolute atomic E-state index is 6.24. The number of benzene rings is 2. The zero-order chi connectivity index (χ0) is 14.8. The highest BCUT2D eigenvalue weighted by molar-refractivity contribution is 6.31. The monoisotopic (exact) mass is 299 g/mol. The quantitative estimate of drug-likeness (QED) is 0.787. The Hall–Kier alpha value is -1.84. The second kappa shape index (κ2) is 5.88. The molecule has 0 fully saturated rings. The molecule has 0 aliphatic carbocycles. The van der Waals surface area contributed by atoms with Crippen LogP contribution in [0.25, 0.3) is 10.9 Å². The fourth-order valence-electron chi connectivity index (χ4n) is 2.61. The molecular weight excluding hydrogens is 282 g/mol. The van der Waals surface area contributed by atoms with Gasteiger partial charge in [0.15, 0.2) is 0 Å². The smallest absolute Gasteiger partial charge is 0.0841 e. The van der Waals surface area contributed by atoms with Gasteiger partial charge in [-0.05, 0) is 24.6 Å². The number of nitrogens with one attached hydrogen (secondary N) is 1. The average molecular weight is 300 g/mol. The van der Waals surface area contributed by atoms with Gasteiger partial charge in [-0.2, -0.15) is 5.10 Å². The number of nitrogens with zero attached hydrogens (tertiary/aromatic N) is 2. The van der Waals surface area contributed by atoms with Crippen molar-refractivity contribution in [2.24, 2.45) is 7.05 Å². The molecule has 0 amide bonds. The first-order valence-corrected chi connectivity index (χ1v) is 7.43. The summed E-state index contributed by atoms with van der Waals surface area (Å²) in [6.07, 6.45) is 0. The van der Waals surface area contributed by atoms with Gasteiger partial charge >= 0.3 is 0 Å². The van der Waals surface area contributed by atoms with Gasteiger partial charge in [-0.15, -0.1) is 0 Å². The van der Waals surface area contributed by atoms with Gasteiger partial charge in [-0.1, -0.05) is 48.0 Å². The number of fused-ring (bicyclic) bond motifs is 1. The molecule has 1 heterocycles. The van der Waals surface area contributed by atoms with Crippen LogP contribution < -0.4 is 5.32 Å². The number of hydrogen-bond acceptors (Lipinski definition) is 2. The van der Waals surface area contributed by atoms with E-state index in [1.54, 1.807) is 0 Å². The van der Waals surface area contributed by atoms with E-state index in [0.29, 0.717) is 6.54 Å². The van der Waals surface area contributed by atoms with Crippen molar-refractivity contribution in [1.29, 1.82) is 0 Å². The Kier molecular flexibility index (Phi) is 3.95. The van der Waals surface area contributed by atoms with E-state index in [1.807, 2.05) is 42.1 Å². The van der Waals surface area contributed by atoms with Crippen LogP contribution in [0.2, 0.25) is 5.02 Å². The van der Waals surface area contributed by atoms with Crippen LogP contribution in [0.5, 0.6) is 0 Å². The van der Waals surface area contributed by atoms with E-state index in [0.717, 1.165) is 21.8 Å². The summed E-state index contributed by atoms with van der Waals surface area (Å²) in [6.45, 7) is 2.83. The molecule has 3 rings (SSSR count). The highest BCUT2D eigenvalue weighted by Crippen LogP contribution is 2.23. The van der Waals surface area contributed by atoms with E-state index >= 15 is 0 Å². The van der Waals surface area contributed by atoms with Crippen molar-refractivity contribution in [2.75, 3.05) is 0 Å². The number of aryl methyl sites for hydroxylation is 1. The molecule has 1 unspecified atom stereocenters. The SMILES string of the molecule is CC(NCc1nn(C)c2ccccc12)c1ccccc1Cl. The van der Waals surface area contributed by atoms with Crippen LogP contribution in [-0.2, 0) is 13.6 Å².